The van der Waals surface area contributed by atoms with E-state index in [1.165, 1.54) is 24.3 Å². The molecule has 0 aliphatic carbocycles. The summed E-state index contributed by atoms with van der Waals surface area (Å²) < 4.78 is 0. The summed E-state index contributed by atoms with van der Waals surface area (Å²) >= 11 is 7.87. The molecule has 0 heterocycles. The largest absolute Gasteiger partial charge is 0.508 e. The molecule has 0 saturated carbocycles. The van der Waals surface area contributed by atoms with Crippen molar-refractivity contribution >= 4 is 72.6 Å². The summed E-state index contributed by atoms with van der Waals surface area (Å²) in [6.07, 6.45) is -1.22. The van der Waals surface area contributed by atoms with Crippen LogP contribution in [0.4, 0.5) is 0 Å². The molecule has 7 atom stereocenters. The maximum Gasteiger partial charge on any atom is 0.327 e. The van der Waals surface area contributed by atoms with E-state index in [4.69, 9.17) is 17.2 Å². The zero-order chi connectivity index (χ0) is 38.1. The third-order valence-corrected chi connectivity index (χ3v) is 8.24. The summed E-state index contributed by atoms with van der Waals surface area (Å²) in [7, 11) is 0. The summed E-state index contributed by atoms with van der Waals surface area (Å²) in [4.78, 5) is 101. The van der Waals surface area contributed by atoms with E-state index in [0.717, 1.165) is 0 Å². The van der Waals surface area contributed by atoms with Crippen molar-refractivity contribution in [3.63, 3.8) is 0 Å². The average Bonchev–Trinajstić information content (AvgIpc) is 3.06. The Bertz CT molecular complexity index is 1380. The number of aromatic hydroxyl groups is 1. The van der Waals surface area contributed by atoms with E-state index in [9.17, 15) is 48.6 Å². The van der Waals surface area contributed by atoms with Gasteiger partial charge in [0.2, 0.25) is 41.4 Å². The van der Waals surface area contributed by atoms with Gasteiger partial charge in [-0.2, -0.15) is 25.3 Å². The Labute approximate surface area is 299 Å². The van der Waals surface area contributed by atoms with Crippen molar-refractivity contribution in [2.75, 3.05) is 11.5 Å². The summed E-state index contributed by atoms with van der Waals surface area (Å²) in [6.45, 7) is 3.37. The Morgan fingerprint density at radius 2 is 1.24 bits per heavy atom. The van der Waals surface area contributed by atoms with Crippen LogP contribution in [0, 0.1) is 5.92 Å². The van der Waals surface area contributed by atoms with Gasteiger partial charge in [-0.15, -0.1) is 0 Å². The lowest BCUT2D eigenvalue weighted by atomic mass is 9.96. The van der Waals surface area contributed by atoms with Crippen molar-refractivity contribution in [3.05, 3.63) is 29.8 Å². The molecule has 13 N–H and O–H groups in total. The Morgan fingerprint density at radius 3 is 1.74 bits per heavy atom. The molecule has 7 amide bonds. The monoisotopic (exact) mass is 742 g/mol. The van der Waals surface area contributed by atoms with Gasteiger partial charge in [-0.3, -0.25) is 33.6 Å². The van der Waals surface area contributed by atoms with E-state index >= 15 is 0 Å². The predicted octanol–water partition coefficient (Wildman–Crippen LogP) is -3.18. The van der Waals surface area contributed by atoms with Crippen molar-refractivity contribution in [2.24, 2.45) is 23.1 Å². The molecule has 0 bridgehead atoms. The number of carbonyl (C=O) groups excluding carboxylic acids is 7. The fraction of sp³-hybridized carbons (Fsp3) is 0.533. The number of amides is 7. The molecular formula is C30H46N8O10S2. The lowest BCUT2D eigenvalue weighted by molar-refractivity contribution is -0.141. The van der Waals surface area contributed by atoms with Gasteiger partial charge in [0.15, 0.2) is 0 Å². The fourth-order valence-electron chi connectivity index (χ4n) is 4.35. The number of thiol groups is 2. The zero-order valence-electron chi connectivity index (χ0n) is 27.6. The molecule has 18 nitrogen and oxygen atoms in total. The second-order valence-electron chi connectivity index (χ2n) is 11.5. The number of rotatable bonds is 22. The van der Waals surface area contributed by atoms with E-state index in [2.05, 4.69) is 51.8 Å². The number of hydrogen-bond donors (Lipinski definition) is 12. The molecule has 0 aromatic heterocycles. The Kier molecular flexibility index (Phi) is 18.7. The molecule has 0 spiro atoms. The molecule has 0 radical (unpaired) electrons. The minimum Gasteiger partial charge on any atom is -0.508 e. The van der Waals surface area contributed by atoms with Crippen molar-refractivity contribution < 1.29 is 48.6 Å². The minimum atomic E-state index is -1.67. The summed E-state index contributed by atoms with van der Waals surface area (Å²) in [6, 6.07) is -2.44. The van der Waals surface area contributed by atoms with Crippen molar-refractivity contribution in [3.8, 4) is 5.75 Å². The van der Waals surface area contributed by atoms with Crippen molar-refractivity contribution in [2.45, 2.75) is 82.2 Å². The van der Waals surface area contributed by atoms with Crippen LogP contribution in [0.5, 0.6) is 5.75 Å². The summed E-state index contributed by atoms with van der Waals surface area (Å²) in [5.74, 6) is -8.69. The first kappa shape index (κ1) is 43.5. The normalized spacial score (nSPS) is 15.1. The van der Waals surface area contributed by atoms with Crippen LogP contribution in [-0.2, 0) is 44.8 Å². The number of carbonyl (C=O) groups is 8. The number of nitrogens with two attached hydrogens (primary N) is 3. The second kappa shape index (κ2) is 21.5. The highest BCUT2D eigenvalue weighted by Gasteiger charge is 2.35. The van der Waals surface area contributed by atoms with Gasteiger partial charge in [-0.1, -0.05) is 32.4 Å². The summed E-state index contributed by atoms with van der Waals surface area (Å²) in [5.41, 5.74) is 16.8. The second-order valence-corrected chi connectivity index (χ2v) is 12.2. The topological polar surface area (TPSA) is 315 Å². The van der Waals surface area contributed by atoms with Gasteiger partial charge in [-0.05, 0) is 30.0 Å². The molecule has 278 valence electrons. The molecule has 0 fully saturated rings. The first-order valence-electron chi connectivity index (χ1n) is 15.5. The van der Waals surface area contributed by atoms with Gasteiger partial charge < -0.3 is 54.0 Å². The van der Waals surface area contributed by atoms with Gasteiger partial charge in [0, 0.05) is 24.3 Å². The van der Waals surface area contributed by atoms with Crippen molar-refractivity contribution in [1.29, 1.82) is 0 Å². The van der Waals surface area contributed by atoms with E-state index in [1.54, 1.807) is 13.8 Å². The minimum absolute atomic E-state index is 0.0245. The molecule has 1 rings (SSSR count). The van der Waals surface area contributed by atoms with Gasteiger partial charge in [0.05, 0.1) is 12.5 Å². The van der Waals surface area contributed by atoms with Gasteiger partial charge >= 0.3 is 5.97 Å². The number of phenols is 1. The molecule has 20 heteroatoms. The van der Waals surface area contributed by atoms with E-state index in [-0.39, 0.29) is 30.1 Å². The number of nitrogens with one attached hydrogen (secondary N) is 5. The van der Waals surface area contributed by atoms with Crippen LogP contribution < -0.4 is 43.8 Å². The average molecular weight is 743 g/mol. The Balaban J connectivity index is 3.35. The van der Waals surface area contributed by atoms with E-state index in [0.29, 0.717) is 12.0 Å². The van der Waals surface area contributed by atoms with E-state index < -0.39 is 102 Å². The smallest absolute Gasteiger partial charge is 0.327 e. The highest BCUT2D eigenvalue weighted by Crippen LogP contribution is 2.14. The SMILES string of the molecule is CC[C@@H](C)[C@H](NC(=O)[C@H](Cc1ccc(O)cc1)NC(=O)[C@@H](N)CS)C(=O)N[C@@H](CCC(N)=O)C(=O)N[C@@H](CC(N)=O)C(=O)N[C@@H](CS)C(=O)O. The number of carboxylic acids is 1. The molecule has 1 aromatic carbocycles. The molecule has 0 aliphatic rings. The maximum atomic E-state index is 13.7. The highest BCUT2D eigenvalue weighted by atomic mass is 32.1. The fourth-order valence-corrected chi connectivity index (χ4v) is 4.77. The van der Waals surface area contributed by atoms with Crippen LogP contribution in [0.3, 0.4) is 0 Å². The van der Waals surface area contributed by atoms with Gasteiger partial charge in [0.25, 0.3) is 0 Å². The van der Waals surface area contributed by atoms with Crippen molar-refractivity contribution in [1.82, 2.24) is 26.6 Å². The predicted molar refractivity (Wildman–Crippen MR) is 186 cm³/mol. The number of carboxylic acid groups (broad SMARTS) is 1. The highest BCUT2D eigenvalue weighted by molar-refractivity contribution is 7.80. The quantitative estimate of drug-likeness (QED) is 0.0526. The number of aliphatic carboxylic acids is 1. The third-order valence-electron chi connectivity index (χ3n) is 7.48. The van der Waals surface area contributed by atoms with Gasteiger partial charge in [-0.25, -0.2) is 4.79 Å². The molecular weight excluding hydrogens is 697 g/mol. The Hall–Kier alpha value is -4.56. The van der Waals surface area contributed by atoms with Crippen LogP contribution in [0.1, 0.15) is 45.1 Å². The first-order valence-corrected chi connectivity index (χ1v) is 16.8. The zero-order valence-corrected chi connectivity index (χ0v) is 29.4. The van der Waals surface area contributed by atoms with Crippen LogP contribution in [0.25, 0.3) is 0 Å². The van der Waals surface area contributed by atoms with Crippen LogP contribution in [0.2, 0.25) is 0 Å². The third kappa shape index (κ3) is 14.9. The number of phenolic OH excluding ortho intramolecular Hbond substituents is 1. The lowest BCUT2D eigenvalue weighted by Gasteiger charge is -2.29. The molecule has 0 unspecified atom stereocenters. The number of hydrogen-bond acceptors (Lipinski definition) is 12. The standard InChI is InChI=1S/C30H46N8O10S2/c1-3-14(2)24(38-28(45)19(35-25(42)17(31)12-49)10-15-4-6-16(39)7-5-15)29(46)34-18(8-9-22(32)40)26(43)36-20(11-23(33)41)27(44)37-21(13-50)30(47)48/h4-7,14,17-21,24,39,49-50H,3,8-13,31H2,1-2H3,(H2,32,40)(H2,33,41)(H,34,46)(H,35,42)(H,36,43)(H,37,44)(H,38,45)(H,47,48)/t14-,17+,18+,19+,20+,21+,24+/m1/s1. The lowest BCUT2D eigenvalue weighted by Crippen LogP contribution is -2.61. The van der Waals surface area contributed by atoms with E-state index in [1.807, 2.05) is 0 Å². The Morgan fingerprint density at radius 1 is 0.720 bits per heavy atom. The maximum absolute atomic E-state index is 13.7. The number of primary amides is 2. The van der Waals surface area contributed by atoms with Gasteiger partial charge in [0.1, 0.15) is 36.0 Å². The molecule has 50 heavy (non-hydrogen) atoms. The summed E-state index contributed by atoms with van der Waals surface area (Å²) in [5, 5.41) is 30.9. The molecule has 0 saturated heterocycles. The number of benzene rings is 1. The molecule has 0 aliphatic heterocycles. The molecule has 1 aromatic rings. The van der Waals surface area contributed by atoms with Crippen LogP contribution in [-0.4, -0.2) is 105 Å². The van der Waals surface area contributed by atoms with Crippen LogP contribution >= 0.6 is 25.3 Å². The first-order chi connectivity index (χ1) is 23.4. The van der Waals surface area contributed by atoms with Crippen LogP contribution in [0.15, 0.2) is 24.3 Å².